The molecule has 28 heavy (non-hydrogen) atoms. The van der Waals surface area contributed by atoms with E-state index in [-0.39, 0.29) is 18.7 Å². The van der Waals surface area contributed by atoms with E-state index in [0.717, 1.165) is 31.3 Å². The Morgan fingerprint density at radius 3 is 3.04 bits per heavy atom. The van der Waals surface area contributed by atoms with Gasteiger partial charge in [0.1, 0.15) is 10.5 Å². The summed E-state index contributed by atoms with van der Waals surface area (Å²) in [4.78, 5) is 22.7. The van der Waals surface area contributed by atoms with Gasteiger partial charge in [0.15, 0.2) is 5.65 Å². The first kappa shape index (κ1) is 17.2. The van der Waals surface area contributed by atoms with E-state index in [2.05, 4.69) is 20.3 Å². The zero-order chi connectivity index (χ0) is 19.3. The fraction of sp³-hybridized carbons (Fsp3) is 0.235. The van der Waals surface area contributed by atoms with Crippen LogP contribution in [0.1, 0.15) is 21.3 Å². The smallest absolute Gasteiger partial charge is 0.291 e. The van der Waals surface area contributed by atoms with E-state index in [1.165, 1.54) is 16.0 Å². The summed E-state index contributed by atoms with van der Waals surface area (Å²) in [6, 6.07) is 1.92. The molecule has 0 aliphatic heterocycles. The number of rotatable bonds is 5. The lowest BCUT2D eigenvalue weighted by Crippen LogP contribution is -2.25. The number of nitrogens with one attached hydrogen (secondary N) is 1. The molecule has 0 spiro atoms. The number of hydrogen-bond donors (Lipinski definition) is 2. The molecule has 0 unspecified atom stereocenters. The van der Waals surface area contributed by atoms with Crippen LogP contribution in [-0.4, -0.2) is 39.6 Å². The predicted molar refractivity (Wildman–Crippen MR) is 107 cm³/mol. The number of aliphatic hydroxyl groups is 1. The van der Waals surface area contributed by atoms with Crippen LogP contribution in [0.25, 0.3) is 21.3 Å². The zero-order valence-electron chi connectivity index (χ0n) is 14.8. The van der Waals surface area contributed by atoms with Crippen LogP contribution >= 0.6 is 22.7 Å². The van der Waals surface area contributed by atoms with Crippen LogP contribution in [0.5, 0.6) is 0 Å². The van der Waals surface area contributed by atoms with Crippen LogP contribution in [-0.2, 0) is 26.6 Å². The fourth-order valence-electron chi connectivity index (χ4n) is 3.26. The summed E-state index contributed by atoms with van der Waals surface area (Å²) < 4.78 is 4.16. The van der Waals surface area contributed by atoms with Crippen LogP contribution in [0, 0.1) is 0 Å². The molecule has 5 aromatic rings. The molecule has 142 valence electrons. The molecule has 0 aromatic carbocycles. The van der Waals surface area contributed by atoms with Crippen LogP contribution in [0.15, 0.2) is 28.8 Å². The minimum Gasteiger partial charge on any atom is -0.391 e. The summed E-state index contributed by atoms with van der Waals surface area (Å²) in [6.45, 7) is 0.130. The highest BCUT2D eigenvalue weighted by Crippen LogP contribution is 2.31. The lowest BCUT2D eigenvalue weighted by molar-refractivity contribution is 0.283. The molecule has 5 aromatic heterocycles. The van der Waals surface area contributed by atoms with Gasteiger partial charge in [-0.2, -0.15) is 10.2 Å². The van der Waals surface area contributed by atoms with E-state index in [9.17, 15) is 9.90 Å². The quantitative estimate of drug-likeness (QED) is 0.453. The van der Waals surface area contributed by atoms with E-state index in [1.807, 2.05) is 17.7 Å². The number of aromatic nitrogens is 7. The SMILES string of the molecule is Cn1c2nc(Cc3ccn[nH]3)sc2c2cnn(Cc3ncsc3CO)c(=O)c21. The first-order valence-corrected chi connectivity index (χ1v) is 10.2. The number of aryl methyl sites for hydroxylation is 1. The number of aliphatic hydroxyl groups excluding tert-OH is 1. The van der Waals surface area contributed by atoms with Crippen molar-refractivity contribution >= 4 is 43.9 Å². The summed E-state index contributed by atoms with van der Waals surface area (Å²) in [5.74, 6) is 0. The van der Waals surface area contributed by atoms with Gasteiger partial charge >= 0.3 is 0 Å². The van der Waals surface area contributed by atoms with Gasteiger partial charge in [0.25, 0.3) is 5.56 Å². The molecular formula is C17H15N7O2S2. The molecule has 11 heteroatoms. The summed E-state index contributed by atoms with van der Waals surface area (Å²) in [5.41, 5.74) is 4.46. The fourth-order valence-corrected chi connectivity index (χ4v) is 5.02. The molecule has 0 aliphatic rings. The standard InChI is InChI=1S/C17H15N7O2S2/c1-23-14-10(15-16(23)21-13(28-15)4-9-2-3-19-22-9)5-20-24(17(14)26)6-11-12(7-25)27-8-18-11/h2-3,5,8,25H,4,6-7H2,1H3,(H,19,22). The Labute approximate surface area is 165 Å². The second kappa shape index (κ2) is 6.62. The maximum atomic E-state index is 13.0. The van der Waals surface area contributed by atoms with Crippen LogP contribution in [0.2, 0.25) is 0 Å². The number of thiazole rings is 2. The Bertz CT molecular complexity index is 1340. The highest BCUT2D eigenvalue weighted by molar-refractivity contribution is 7.19. The second-order valence-corrected chi connectivity index (χ2v) is 8.35. The topological polar surface area (TPSA) is 115 Å². The average Bonchev–Trinajstić information content (AvgIpc) is 3.46. The minimum absolute atomic E-state index is 0.0973. The summed E-state index contributed by atoms with van der Waals surface area (Å²) >= 11 is 2.92. The van der Waals surface area contributed by atoms with Crippen molar-refractivity contribution in [3.8, 4) is 0 Å². The van der Waals surface area contributed by atoms with E-state index in [0.29, 0.717) is 17.6 Å². The molecule has 0 aliphatic carbocycles. The van der Waals surface area contributed by atoms with Gasteiger partial charge in [0.05, 0.1) is 40.1 Å². The Morgan fingerprint density at radius 1 is 1.36 bits per heavy atom. The summed E-state index contributed by atoms with van der Waals surface area (Å²) in [7, 11) is 1.85. The van der Waals surface area contributed by atoms with Crippen molar-refractivity contribution < 1.29 is 5.11 Å². The Morgan fingerprint density at radius 2 is 2.25 bits per heavy atom. The van der Waals surface area contributed by atoms with Crippen LogP contribution in [0.4, 0.5) is 0 Å². The van der Waals surface area contributed by atoms with Crippen molar-refractivity contribution in [3.05, 3.63) is 55.6 Å². The van der Waals surface area contributed by atoms with E-state index >= 15 is 0 Å². The molecular weight excluding hydrogens is 398 g/mol. The molecule has 2 N–H and O–H groups in total. The highest BCUT2D eigenvalue weighted by atomic mass is 32.1. The van der Waals surface area contributed by atoms with Gasteiger partial charge in [0.2, 0.25) is 0 Å². The minimum atomic E-state index is -0.197. The maximum absolute atomic E-state index is 13.0. The number of H-pyrrole nitrogens is 1. The zero-order valence-corrected chi connectivity index (χ0v) is 16.4. The molecule has 0 saturated heterocycles. The second-order valence-electron chi connectivity index (χ2n) is 6.33. The molecule has 0 atom stereocenters. The van der Waals surface area contributed by atoms with Crippen LogP contribution in [0.3, 0.4) is 0 Å². The van der Waals surface area contributed by atoms with E-state index in [1.54, 1.807) is 29.2 Å². The normalized spacial score (nSPS) is 11.8. The molecule has 0 bridgehead atoms. The summed E-state index contributed by atoms with van der Waals surface area (Å²) in [5, 5.41) is 22.4. The molecule has 5 heterocycles. The van der Waals surface area contributed by atoms with Crippen molar-refractivity contribution in [2.45, 2.75) is 19.6 Å². The van der Waals surface area contributed by atoms with Gasteiger partial charge in [-0.3, -0.25) is 9.89 Å². The van der Waals surface area contributed by atoms with Gasteiger partial charge in [-0.25, -0.2) is 14.6 Å². The van der Waals surface area contributed by atoms with Crippen molar-refractivity contribution in [1.82, 2.24) is 34.5 Å². The maximum Gasteiger partial charge on any atom is 0.291 e. The highest BCUT2D eigenvalue weighted by Gasteiger charge is 2.19. The number of aromatic amines is 1. The first-order chi connectivity index (χ1) is 13.7. The van der Waals surface area contributed by atoms with Crippen molar-refractivity contribution in [2.75, 3.05) is 0 Å². The summed E-state index contributed by atoms with van der Waals surface area (Å²) in [6.07, 6.45) is 4.09. The molecule has 9 nitrogen and oxygen atoms in total. The van der Waals surface area contributed by atoms with Gasteiger partial charge < -0.3 is 9.67 Å². The third-order valence-corrected chi connectivity index (χ3v) is 6.58. The molecule has 0 radical (unpaired) electrons. The van der Waals surface area contributed by atoms with Gasteiger partial charge in [0, 0.05) is 30.7 Å². The molecule has 0 fully saturated rings. The predicted octanol–water partition coefficient (Wildman–Crippen LogP) is 1.66. The van der Waals surface area contributed by atoms with Gasteiger partial charge in [-0.1, -0.05) is 0 Å². The van der Waals surface area contributed by atoms with Gasteiger partial charge in [-0.05, 0) is 6.07 Å². The number of fused-ring (bicyclic) bond motifs is 3. The van der Waals surface area contributed by atoms with Crippen molar-refractivity contribution in [3.63, 3.8) is 0 Å². The largest absolute Gasteiger partial charge is 0.391 e. The van der Waals surface area contributed by atoms with E-state index < -0.39 is 0 Å². The lowest BCUT2D eigenvalue weighted by Gasteiger charge is -2.05. The molecule has 0 saturated carbocycles. The lowest BCUT2D eigenvalue weighted by atomic mass is 10.3. The Balaban J connectivity index is 1.59. The molecule has 0 amide bonds. The van der Waals surface area contributed by atoms with Crippen molar-refractivity contribution in [1.29, 1.82) is 0 Å². The van der Waals surface area contributed by atoms with Crippen LogP contribution < -0.4 is 5.56 Å². The average molecular weight is 413 g/mol. The third kappa shape index (κ3) is 2.66. The van der Waals surface area contributed by atoms with E-state index in [4.69, 9.17) is 4.98 Å². The number of nitrogens with zero attached hydrogens (tertiary/aromatic N) is 6. The monoisotopic (exact) mass is 413 g/mol. The Kier molecular flexibility index (Phi) is 4.07. The van der Waals surface area contributed by atoms with Gasteiger partial charge in [-0.15, -0.1) is 22.7 Å². The molecule has 5 rings (SSSR count). The van der Waals surface area contributed by atoms with Crippen molar-refractivity contribution in [2.24, 2.45) is 7.05 Å². The Hall–Kier alpha value is -2.89. The third-order valence-electron chi connectivity index (χ3n) is 4.64. The number of hydrogen-bond acceptors (Lipinski definition) is 8. The first-order valence-electron chi connectivity index (χ1n) is 8.50.